The number of hydrogen-bond acceptors (Lipinski definition) is 6. The highest BCUT2D eigenvalue weighted by atomic mass is 32.2. The van der Waals surface area contributed by atoms with Crippen LogP contribution in [0.4, 0.5) is 5.69 Å². The minimum atomic E-state index is -0.901. The van der Waals surface area contributed by atoms with E-state index in [-0.39, 0.29) is 5.41 Å². The van der Waals surface area contributed by atoms with Gasteiger partial charge in [-0.25, -0.2) is 0 Å². The smallest absolute Gasteiger partial charge is 0.178 e. The maximum absolute atomic E-state index is 7.89. The van der Waals surface area contributed by atoms with Crippen LogP contribution < -0.4 is 19.1 Å². The standard InChI is InChI=1S/C55H59NO4S/c1-7-53(8-2)26-28-54(29-27-53)46-15-10-9-14-42(46)49-44-35-48(61-52-36(3)12-11-13-37(52)4)47(58-6)34-45(44)51-43(50(49)54)24-25-55(60-51,39-18-22-41(57-5)23-19-39)38-16-20-40(21-17-38)56-30-32-59-33-31-56/h9-10,12,14-25,34-35H,7-8,11,13,26-33H2,1-6H3. The predicted molar refractivity (Wildman–Crippen MR) is 253 cm³/mol. The number of thioether (sulfide) groups is 1. The molecule has 1 saturated heterocycles. The molecule has 5 nitrogen and oxygen atoms in total. The molecular formula is C55H59NO4S. The Bertz CT molecular complexity index is 2580. The molecule has 5 aromatic rings. The molecule has 0 bridgehead atoms. The summed E-state index contributed by atoms with van der Waals surface area (Å²) in [7, 11) is 3.54. The number of allylic oxidation sites excluding steroid dienone is 3. The van der Waals surface area contributed by atoms with Crippen molar-refractivity contribution in [3.8, 4) is 28.4 Å². The van der Waals surface area contributed by atoms with Gasteiger partial charge in [0.2, 0.25) is 0 Å². The van der Waals surface area contributed by atoms with Crippen LogP contribution in [0.5, 0.6) is 17.2 Å². The Labute approximate surface area is 366 Å². The number of benzene rings is 5. The van der Waals surface area contributed by atoms with Crippen molar-refractivity contribution >= 4 is 34.3 Å². The summed E-state index contributed by atoms with van der Waals surface area (Å²) in [5, 5.41) is 2.32. The predicted octanol–water partition coefficient (Wildman–Crippen LogP) is 13.8. The van der Waals surface area contributed by atoms with Crippen LogP contribution >= 0.6 is 11.8 Å². The SMILES string of the molecule is CCC1(CC)CCC2(CC1)c1ccccc1-c1c2c2c(c3cc(OC)c(SC4=C(C)CCC=C4C)cc13)OC(c1ccc(OC)cc1)(c1ccc(N3CCOCC3)cc1)C=C2. The number of hydrogen-bond donors (Lipinski definition) is 0. The topological polar surface area (TPSA) is 40.2 Å². The molecular weight excluding hydrogens is 771 g/mol. The van der Waals surface area contributed by atoms with Gasteiger partial charge >= 0.3 is 0 Å². The molecule has 1 spiro atoms. The van der Waals surface area contributed by atoms with E-state index in [0.717, 1.165) is 90.6 Å². The van der Waals surface area contributed by atoms with Crippen molar-refractivity contribution < 1.29 is 18.9 Å². The van der Waals surface area contributed by atoms with Crippen molar-refractivity contribution in [2.45, 2.75) is 95.0 Å². The molecule has 5 aromatic carbocycles. The van der Waals surface area contributed by atoms with E-state index < -0.39 is 5.60 Å². The van der Waals surface area contributed by atoms with E-state index in [0.29, 0.717) is 5.41 Å². The zero-order valence-electron chi connectivity index (χ0n) is 36.8. The summed E-state index contributed by atoms with van der Waals surface area (Å²) in [6.45, 7) is 12.6. The second-order valence-corrected chi connectivity index (χ2v) is 19.1. The lowest BCUT2D eigenvalue weighted by Gasteiger charge is -2.47. The van der Waals surface area contributed by atoms with Gasteiger partial charge in [0.1, 0.15) is 17.2 Å². The Kier molecular flexibility index (Phi) is 10.4. The zero-order chi connectivity index (χ0) is 41.9. The molecule has 314 valence electrons. The van der Waals surface area contributed by atoms with E-state index in [1.165, 1.54) is 80.6 Å². The number of nitrogens with zero attached hydrogens (tertiary/aromatic N) is 1. The van der Waals surface area contributed by atoms with Gasteiger partial charge in [-0.3, -0.25) is 0 Å². The number of methoxy groups -OCH3 is 2. The van der Waals surface area contributed by atoms with Crippen LogP contribution in [0.3, 0.4) is 0 Å². The van der Waals surface area contributed by atoms with E-state index in [9.17, 15) is 0 Å². The van der Waals surface area contributed by atoms with Gasteiger partial charge in [-0.05, 0) is 133 Å². The number of morpholine rings is 1. The largest absolute Gasteiger partial charge is 0.497 e. The van der Waals surface area contributed by atoms with E-state index in [2.05, 4.69) is 136 Å². The van der Waals surface area contributed by atoms with Crippen molar-refractivity contribution in [3.63, 3.8) is 0 Å². The fourth-order valence-electron chi connectivity index (χ4n) is 11.5. The molecule has 10 rings (SSSR count). The number of ether oxygens (including phenoxy) is 4. The second-order valence-electron chi connectivity index (χ2n) is 18.1. The molecule has 0 radical (unpaired) electrons. The van der Waals surface area contributed by atoms with Gasteiger partial charge in [0.25, 0.3) is 0 Å². The lowest BCUT2D eigenvalue weighted by molar-refractivity contribution is 0.122. The summed E-state index contributed by atoms with van der Waals surface area (Å²) in [6, 6.07) is 31.5. The van der Waals surface area contributed by atoms with Gasteiger partial charge in [-0.1, -0.05) is 105 Å². The van der Waals surface area contributed by atoms with Crippen LogP contribution in [-0.4, -0.2) is 40.5 Å². The first kappa shape index (κ1) is 40.2. The van der Waals surface area contributed by atoms with Gasteiger partial charge < -0.3 is 23.8 Å². The molecule has 61 heavy (non-hydrogen) atoms. The number of anilines is 1. The highest BCUT2D eigenvalue weighted by molar-refractivity contribution is 8.03. The van der Waals surface area contributed by atoms with Gasteiger partial charge in [0, 0.05) is 51.2 Å². The van der Waals surface area contributed by atoms with Crippen molar-refractivity contribution in [2.75, 3.05) is 45.4 Å². The Balaban J connectivity index is 1.23. The first-order valence-electron chi connectivity index (χ1n) is 22.6. The van der Waals surface area contributed by atoms with Crippen molar-refractivity contribution in [3.05, 3.63) is 141 Å². The fraction of sp³-hybridized carbons (Fsp3) is 0.382. The Morgan fingerprint density at radius 1 is 0.787 bits per heavy atom. The van der Waals surface area contributed by atoms with E-state index in [1.54, 1.807) is 7.11 Å². The molecule has 0 amide bonds. The molecule has 5 aliphatic rings. The number of fused-ring (bicyclic) bond motifs is 10. The van der Waals surface area contributed by atoms with Crippen LogP contribution in [-0.2, 0) is 15.8 Å². The maximum atomic E-state index is 7.89. The molecule has 2 heterocycles. The molecule has 1 saturated carbocycles. The van der Waals surface area contributed by atoms with Crippen LogP contribution in [0, 0.1) is 5.41 Å². The third kappa shape index (κ3) is 6.46. The van der Waals surface area contributed by atoms with Crippen LogP contribution in [0.15, 0.2) is 118 Å². The third-order valence-electron chi connectivity index (χ3n) is 15.3. The van der Waals surface area contributed by atoms with Gasteiger partial charge in [0.05, 0.1) is 32.3 Å². The van der Waals surface area contributed by atoms with Crippen LogP contribution in [0.1, 0.15) is 107 Å². The molecule has 3 aliphatic carbocycles. The van der Waals surface area contributed by atoms with Crippen LogP contribution in [0.2, 0.25) is 0 Å². The Morgan fingerprint density at radius 2 is 1.49 bits per heavy atom. The summed E-state index contributed by atoms with van der Waals surface area (Å²) in [5.74, 6) is 2.62. The van der Waals surface area contributed by atoms with Gasteiger partial charge in [-0.2, -0.15) is 0 Å². The average molecular weight is 830 g/mol. The van der Waals surface area contributed by atoms with Crippen molar-refractivity contribution in [1.29, 1.82) is 0 Å². The highest BCUT2D eigenvalue weighted by Gasteiger charge is 2.51. The summed E-state index contributed by atoms with van der Waals surface area (Å²) in [4.78, 5) is 4.91. The molecule has 1 atom stereocenters. The molecule has 2 fully saturated rings. The van der Waals surface area contributed by atoms with Crippen molar-refractivity contribution in [1.82, 2.24) is 0 Å². The van der Waals surface area contributed by atoms with E-state index >= 15 is 0 Å². The molecule has 1 unspecified atom stereocenters. The lowest BCUT2D eigenvalue weighted by Crippen LogP contribution is -2.38. The second kappa shape index (κ2) is 15.8. The Hall–Kier alpha value is -4.91. The van der Waals surface area contributed by atoms with Crippen molar-refractivity contribution in [2.24, 2.45) is 5.41 Å². The fourth-order valence-corrected chi connectivity index (χ4v) is 12.6. The van der Waals surface area contributed by atoms with Gasteiger partial charge in [-0.15, -0.1) is 0 Å². The molecule has 0 N–H and O–H groups in total. The summed E-state index contributed by atoms with van der Waals surface area (Å²) < 4.78 is 25.6. The normalized spacial score (nSPS) is 21.1. The molecule has 6 heteroatoms. The molecule has 0 aromatic heterocycles. The summed E-state index contributed by atoms with van der Waals surface area (Å²) in [6.07, 6.45) is 16.5. The average Bonchev–Trinajstić information content (AvgIpc) is 3.60. The summed E-state index contributed by atoms with van der Waals surface area (Å²) >= 11 is 1.86. The number of rotatable bonds is 9. The third-order valence-corrected chi connectivity index (χ3v) is 16.7. The first-order valence-corrected chi connectivity index (χ1v) is 23.4. The minimum absolute atomic E-state index is 0.110. The Morgan fingerprint density at radius 3 is 2.16 bits per heavy atom. The monoisotopic (exact) mass is 829 g/mol. The van der Waals surface area contributed by atoms with E-state index in [4.69, 9.17) is 18.9 Å². The van der Waals surface area contributed by atoms with E-state index in [1.807, 2.05) is 18.9 Å². The van der Waals surface area contributed by atoms with Crippen LogP contribution in [0.25, 0.3) is 28.0 Å². The summed E-state index contributed by atoms with van der Waals surface area (Å²) in [5.41, 5.74) is 12.4. The first-order chi connectivity index (χ1) is 29.8. The minimum Gasteiger partial charge on any atom is -0.497 e. The highest BCUT2D eigenvalue weighted by Crippen LogP contribution is 2.65. The quantitative estimate of drug-likeness (QED) is 0.147. The zero-order valence-corrected chi connectivity index (χ0v) is 37.6. The molecule has 2 aliphatic heterocycles. The van der Waals surface area contributed by atoms with Gasteiger partial charge in [0.15, 0.2) is 5.60 Å². The maximum Gasteiger partial charge on any atom is 0.178 e. The lowest BCUT2D eigenvalue weighted by atomic mass is 9.58.